The van der Waals surface area contributed by atoms with Crippen LogP contribution in [0.5, 0.6) is 0 Å². The zero-order chi connectivity index (χ0) is 24.1. The minimum atomic E-state index is -5.44. The number of sulfone groups is 1. The first-order valence-corrected chi connectivity index (χ1v) is 13.9. The fourth-order valence-electron chi connectivity index (χ4n) is 3.70. The predicted molar refractivity (Wildman–Crippen MR) is 130 cm³/mol. The Morgan fingerprint density at radius 2 is 1.79 bits per heavy atom. The van der Waals surface area contributed by atoms with E-state index < -0.39 is 20.2 Å². The number of alkyl halides is 3. The number of benzene rings is 2. The van der Waals surface area contributed by atoms with Crippen LogP contribution < -0.4 is 0 Å². The monoisotopic (exact) mass is 520 g/mol. The lowest BCUT2D eigenvalue weighted by Gasteiger charge is -2.09. The van der Waals surface area contributed by atoms with E-state index in [0.29, 0.717) is 21.3 Å². The van der Waals surface area contributed by atoms with Crippen LogP contribution in [-0.2, 0) is 9.84 Å². The second-order valence-corrected chi connectivity index (χ2v) is 12.3. The summed E-state index contributed by atoms with van der Waals surface area (Å²) in [5, 5.41) is 0.531. The number of halogens is 3. The fraction of sp³-hybridized carbons (Fsp3) is 0.250. The van der Waals surface area contributed by atoms with Gasteiger partial charge < -0.3 is 0 Å². The van der Waals surface area contributed by atoms with E-state index in [1.165, 1.54) is 35.8 Å². The molecule has 0 atom stereocenters. The van der Waals surface area contributed by atoms with Gasteiger partial charge in [-0.15, -0.1) is 23.1 Å². The van der Waals surface area contributed by atoms with E-state index in [4.69, 9.17) is 0 Å². The molecular weight excluding hydrogens is 501 g/mol. The molecular formula is C24H19F3N2O2S3. The summed E-state index contributed by atoms with van der Waals surface area (Å²) in [5.74, 6) is 1.49. The summed E-state index contributed by atoms with van der Waals surface area (Å²) in [6.45, 7) is 2.03. The van der Waals surface area contributed by atoms with Gasteiger partial charge in [0.1, 0.15) is 10.7 Å². The molecule has 4 nitrogen and oxygen atoms in total. The Morgan fingerprint density at radius 1 is 1.06 bits per heavy atom. The number of hydrogen-bond acceptors (Lipinski definition) is 6. The van der Waals surface area contributed by atoms with Crippen molar-refractivity contribution in [2.24, 2.45) is 0 Å². The first-order valence-electron chi connectivity index (χ1n) is 10.6. The highest BCUT2D eigenvalue weighted by atomic mass is 32.2. The standard InChI is InChI=1S/C24H19F3N2O2S3/c1-2-32-21-11-17(16-7-5-15(6-8-16)14-3-4-14)13-28-22(21)23-29-19-12-18(9-10-20(19)33-23)34(30,31)24(25,26)27/h5-14H,2-4H2,1H3. The smallest absolute Gasteiger partial charge is 0.252 e. The maximum absolute atomic E-state index is 13.0. The highest BCUT2D eigenvalue weighted by Crippen LogP contribution is 2.41. The number of nitrogens with zero attached hydrogens (tertiary/aromatic N) is 2. The van der Waals surface area contributed by atoms with Gasteiger partial charge in [-0.2, -0.15) is 13.2 Å². The van der Waals surface area contributed by atoms with Crippen LogP contribution in [0, 0.1) is 0 Å². The zero-order valence-electron chi connectivity index (χ0n) is 18.0. The SMILES string of the molecule is CCSc1cc(-c2ccc(C3CC3)cc2)cnc1-c1nc2cc(S(=O)(=O)C(F)(F)F)ccc2s1. The molecule has 5 rings (SSSR count). The number of rotatable bonds is 6. The number of pyridine rings is 1. The van der Waals surface area contributed by atoms with Crippen molar-refractivity contribution in [1.29, 1.82) is 0 Å². The molecule has 0 bridgehead atoms. The van der Waals surface area contributed by atoms with Crippen LogP contribution >= 0.6 is 23.1 Å². The Labute approximate surface area is 203 Å². The summed E-state index contributed by atoms with van der Waals surface area (Å²) < 4.78 is 63.0. The van der Waals surface area contributed by atoms with E-state index >= 15 is 0 Å². The molecule has 0 amide bonds. The quantitative estimate of drug-likeness (QED) is 0.250. The molecule has 0 unspecified atom stereocenters. The van der Waals surface area contributed by atoms with E-state index in [2.05, 4.69) is 34.2 Å². The average molecular weight is 521 g/mol. The number of aromatic nitrogens is 2. The molecule has 0 saturated heterocycles. The maximum atomic E-state index is 13.0. The third kappa shape index (κ3) is 4.34. The molecule has 176 valence electrons. The van der Waals surface area contributed by atoms with E-state index in [-0.39, 0.29) is 5.52 Å². The van der Waals surface area contributed by atoms with Gasteiger partial charge in [-0.1, -0.05) is 31.2 Å². The van der Waals surface area contributed by atoms with Gasteiger partial charge in [-0.25, -0.2) is 13.4 Å². The molecule has 1 aliphatic carbocycles. The van der Waals surface area contributed by atoms with E-state index in [0.717, 1.165) is 33.9 Å². The molecule has 10 heteroatoms. The van der Waals surface area contributed by atoms with Gasteiger partial charge in [-0.3, -0.25) is 4.98 Å². The Balaban J connectivity index is 1.52. The van der Waals surface area contributed by atoms with Crippen LogP contribution in [-0.4, -0.2) is 29.6 Å². The molecule has 0 aliphatic heterocycles. The highest BCUT2D eigenvalue weighted by Gasteiger charge is 2.47. The fourth-order valence-corrected chi connectivity index (χ4v) is 6.31. The summed E-state index contributed by atoms with van der Waals surface area (Å²) in [4.78, 5) is 9.18. The summed E-state index contributed by atoms with van der Waals surface area (Å²) in [6.07, 6.45) is 4.27. The van der Waals surface area contributed by atoms with Crippen LogP contribution in [0.15, 0.2) is 64.5 Å². The second-order valence-electron chi connectivity index (χ2n) is 8.00. The lowest BCUT2D eigenvalue weighted by atomic mass is 10.0. The van der Waals surface area contributed by atoms with Crippen LogP contribution in [0.2, 0.25) is 0 Å². The molecule has 2 aromatic heterocycles. The van der Waals surface area contributed by atoms with E-state index in [1.54, 1.807) is 18.0 Å². The number of thioether (sulfide) groups is 1. The minimum absolute atomic E-state index is 0.194. The Bertz CT molecular complexity index is 1480. The summed E-state index contributed by atoms with van der Waals surface area (Å²) in [5.41, 5.74) is -1.14. The van der Waals surface area contributed by atoms with Crippen LogP contribution in [0.1, 0.15) is 31.2 Å². The van der Waals surface area contributed by atoms with Crippen LogP contribution in [0.4, 0.5) is 13.2 Å². The molecule has 4 aromatic rings. The summed E-state index contributed by atoms with van der Waals surface area (Å²) in [7, 11) is -5.44. The van der Waals surface area contributed by atoms with Crippen molar-refractivity contribution in [1.82, 2.24) is 9.97 Å². The third-order valence-corrected chi connectivity index (χ3v) is 9.06. The van der Waals surface area contributed by atoms with Crippen LogP contribution in [0.25, 0.3) is 32.0 Å². The third-order valence-electron chi connectivity index (χ3n) is 5.62. The van der Waals surface area contributed by atoms with Crippen molar-refractivity contribution in [3.05, 3.63) is 60.3 Å². The van der Waals surface area contributed by atoms with Crippen molar-refractivity contribution >= 4 is 43.2 Å². The minimum Gasteiger partial charge on any atom is -0.252 e. The summed E-state index contributed by atoms with van der Waals surface area (Å²) in [6, 6.07) is 13.9. The zero-order valence-corrected chi connectivity index (χ0v) is 20.4. The van der Waals surface area contributed by atoms with Crippen molar-refractivity contribution < 1.29 is 21.6 Å². The Hall–Kier alpha value is -2.43. The van der Waals surface area contributed by atoms with Gasteiger partial charge in [0, 0.05) is 16.7 Å². The number of hydrogen-bond donors (Lipinski definition) is 0. The van der Waals surface area contributed by atoms with Gasteiger partial charge in [0.2, 0.25) is 0 Å². The molecule has 2 heterocycles. The van der Waals surface area contributed by atoms with Crippen molar-refractivity contribution in [2.45, 2.75) is 41.0 Å². The van der Waals surface area contributed by atoms with Gasteiger partial charge in [0.25, 0.3) is 9.84 Å². The first-order chi connectivity index (χ1) is 16.2. The van der Waals surface area contributed by atoms with Crippen molar-refractivity contribution in [3.8, 4) is 21.8 Å². The van der Waals surface area contributed by atoms with Crippen molar-refractivity contribution in [3.63, 3.8) is 0 Å². The van der Waals surface area contributed by atoms with Gasteiger partial charge in [-0.05, 0) is 59.9 Å². The molecule has 1 aliphatic rings. The first kappa shape index (κ1) is 23.3. The number of fused-ring (bicyclic) bond motifs is 1. The Kier molecular flexibility index (Phi) is 5.94. The summed E-state index contributed by atoms with van der Waals surface area (Å²) >= 11 is 2.87. The lowest BCUT2D eigenvalue weighted by molar-refractivity contribution is -0.0435. The molecule has 34 heavy (non-hydrogen) atoms. The highest BCUT2D eigenvalue weighted by molar-refractivity contribution is 7.99. The van der Waals surface area contributed by atoms with Gasteiger partial charge in [0.15, 0.2) is 0 Å². The van der Waals surface area contributed by atoms with Gasteiger partial charge in [0.05, 0.1) is 15.1 Å². The second kappa shape index (κ2) is 8.66. The largest absolute Gasteiger partial charge is 0.501 e. The number of thiazole rings is 1. The van der Waals surface area contributed by atoms with E-state index in [9.17, 15) is 21.6 Å². The molecule has 2 aromatic carbocycles. The maximum Gasteiger partial charge on any atom is 0.501 e. The average Bonchev–Trinajstić information content (AvgIpc) is 3.57. The van der Waals surface area contributed by atoms with Crippen LogP contribution in [0.3, 0.4) is 0 Å². The molecule has 1 fully saturated rings. The molecule has 0 spiro atoms. The normalized spacial score (nSPS) is 14.6. The molecule has 0 radical (unpaired) electrons. The van der Waals surface area contributed by atoms with Crippen molar-refractivity contribution in [2.75, 3.05) is 5.75 Å². The topological polar surface area (TPSA) is 59.9 Å². The molecule has 1 saturated carbocycles. The Morgan fingerprint density at radius 3 is 2.44 bits per heavy atom. The predicted octanol–water partition coefficient (Wildman–Crippen LogP) is 7.31. The molecule has 0 N–H and O–H groups in total. The lowest BCUT2D eigenvalue weighted by Crippen LogP contribution is -2.23. The van der Waals surface area contributed by atoms with E-state index in [1.807, 2.05) is 13.0 Å². The van der Waals surface area contributed by atoms with Gasteiger partial charge >= 0.3 is 5.51 Å².